The van der Waals surface area contributed by atoms with Crippen LogP contribution in [0.15, 0.2) is 68.6 Å². The van der Waals surface area contributed by atoms with Crippen molar-refractivity contribution in [2.75, 3.05) is 5.32 Å². The summed E-state index contributed by atoms with van der Waals surface area (Å²) in [6.07, 6.45) is 7.67. The largest absolute Gasteiger partial charge is 0.330 e. The predicted octanol–water partition coefficient (Wildman–Crippen LogP) is 1.62. The average molecular weight is 397 g/mol. The Hall–Kier alpha value is -3.33. The van der Waals surface area contributed by atoms with E-state index in [9.17, 15) is 14.4 Å². The van der Waals surface area contributed by atoms with Gasteiger partial charge in [-0.2, -0.15) is 0 Å². The van der Waals surface area contributed by atoms with Gasteiger partial charge in [-0.3, -0.25) is 14.2 Å². The van der Waals surface area contributed by atoms with Crippen LogP contribution in [0, 0.1) is 0 Å². The number of nitrogens with one attached hydrogen (secondary N) is 1. The quantitative estimate of drug-likeness (QED) is 0.661. The third-order valence-electron chi connectivity index (χ3n) is 4.00. The molecule has 0 radical (unpaired) electrons. The van der Waals surface area contributed by atoms with Crippen LogP contribution in [0.5, 0.6) is 0 Å². The Morgan fingerprint density at radius 3 is 2.46 bits per heavy atom. The number of imidazole rings is 1. The summed E-state index contributed by atoms with van der Waals surface area (Å²) in [5.74, 6) is -0.375. The zero-order valence-corrected chi connectivity index (χ0v) is 16.4. The highest BCUT2D eigenvalue weighted by Crippen LogP contribution is 2.26. The lowest BCUT2D eigenvalue weighted by molar-refractivity contribution is -0.111. The second kappa shape index (κ2) is 8.13. The zero-order chi connectivity index (χ0) is 20.3. The van der Waals surface area contributed by atoms with E-state index in [0.717, 1.165) is 14.6 Å². The summed E-state index contributed by atoms with van der Waals surface area (Å²) < 4.78 is 4.21. The number of benzene rings is 1. The van der Waals surface area contributed by atoms with E-state index >= 15 is 0 Å². The molecular formula is C19H19N5O3S. The van der Waals surface area contributed by atoms with Gasteiger partial charge in [0.25, 0.3) is 5.56 Å². The Balaban J connectivity index is 1.67. The van der Waals surface area contributed by atoms with Crippen molar-refractivity contribution in [1.82, 2.24) is 18.7 Å². The summed E-state index contributed by atoms with van der Waals surface area (Å²) in [5, 5.41) is 3.61. The Bertz CT molecular complexity index is 1160. The second-order valence-electron chi connectivity index (χ2n) is 6.11. The summed E-state index contributed by atoms with van der Waals surface area (Å²) in [5.41, 5.74) is 0.00619. The molecule has 2 heterocycles. The molecule has 0 saturated carbocycles. The van der Waals surface area contributed by atoms with E-state index in [4.69, 9.17) is 0 Å². The average Bonchev–Trinajstić information content (AvgIpc) is 3.08. The molecule has 3 aromatic rings. The third kappa shape index (κ3) is 4.32. The number of carbonyl (C=O) groups is 1. The van der Waals surface area contributed by atoms with E-state index in [1.807, 2.05) is 29.9 Å². The van der Waals surface area contributed by atoms with Crippen molar-refractivity contribution in [2.45, 2.75) is 10.1 Å². The van der Waals surface area contributed by atoms with Gasteiger partial charge in [0.2, 0.25) is 5.91 Å². The number of hydrogen-bond acceptors (Lipinski definition) is 5. The standard InChI is InChI=1S/C19H19N5O3S/c1-22-11-10-20-18(22)28-15-7-5-14(6-8-15)21-16(25)9-4-13-12-23(2)19(27)24(3)17(13)26/h4-12H,1-3H3,(H,21,25)/b9-4+. The number of aryl methyl sites for hydroxylation is 2. The first kappa shape index (κ1) is 19.4. The molecule has 1 aromatic carbocycles. The van der Waals surface area contributed by atoms with Gasteiger partial charge >= 0.3 is 5.69 Å². The van der Waals surface area contributed by atoms with Gasteiger partial charge in [-0.1, -0.05) is 11.8 Å². The molecule has 0 saturated heterocycles. The summed E-state index contributed by atoms with van der Waals surface area (Å²) in [4.78, 5) is 41.1. The molecule has 1 N–H and O–H groups in total. The lowest BCUT2D eigenvalue weighted by Crippen LogP contribution is -2.37. The first-order valence-electron chi connectivity index (χ1n) is 8.36. The number of rotatable bonds is 5. The second-order valence-corrected chi connectivity index (χ2v) is 7.15. The Labute approximate surface area is 165 Å². The Kier molecular flexibility index (Phi) is 5.65. The van der Waals surface area contributed by atoms with Crippen molar-refractivity contribution in [3.05, 3.63) is 75.3 Å². The first-order valence-corrected chi connectivity index (χ1v) is 9.18. The van der Waals surface area contributed by atoms with Crippen LogP contribution in [0.4, 0.5) is 5.69 Å². The van der Waals surface area contributed by atoms with Gasteiger partial charge in [-0.05, 0) is 30.3 Å². The molecule has 0 bridgehead atoms. The zero-order valence-electron chi connectivity index (χ0n) is 15.6. The van der Waals surface area contributed by atoms with E-state index in [2.05, 4.69) is 10.3 Å². The van der Waals surface area contributed by atoms with Crippen molar-refractivity contribution in [3.8, 4) is 0 Å². The fraction of sp³-hybridized carbons (Fsp3) is 0.158. The number of carbonyl (C=O) groups excluding carboxylic acids is 1. The molecule has 1 amide bonds. The Morgan fingerprint density at radius 1 is 1.11 bits per heavy atom. The van der Waals surface area contributed by atoms with Gasteiger partial charge in [0, 0.05) is 56.4 Å². The first-order chi connectivity index (χ1) is 13.3. The van der Waals surface area contributed by atoms with Gasteiger partial charge < -0.3 is 14.5 Å². The van der Waals surface area contributed by atoms with Crippen LogP contribution < -0.4 is 16.6 Å². The Morgan fingerprint density at radius 2 is 1.82 bits per heavy atom. The fourth-order valence-electron chi connectivity index (χ4n) is 2.46. The van der Waals surface area contributed by atoms with E-state index in [1.54, 1.807) is 25.4 Å². The maximum absolute atomic E-state index is 12.1. The monoisotopic (exact) mass is 397 g/mol. The summed E-state index contributed by atoms with van der Waals surface area (Å²) in [6.45, 7) is 0. The van der Waals surface area contributed by atoms with Crippen molar-refractivity contribution in [3.63, 3.8) is 0 Å². The topological polar surface area (TPSA) is 90.9 Å². The highest BCUT2D eigenvalue weighted by Gasteiger charge is 2.06. The molecule has 9 heteroatoms. The van der Waals surface area contributed by atoms with E-state index in [-0.39, 0.29) is 11.5 Å². The van der Waals surface area contributed by atoms with Crippen LogP contribution in [-0.4, -0.2) is 24.6 Å². The number of amides is 1. The highest BCUT2D eigenvalue weighted by atomic mass is 32.2. The minimum Gasteiger partial charge on any atom is -0.329 e. The molecule has 3 rings (SSSR count). The predicted molar refractivity (Wildman–Crippen MR) is 108 cm³/mol. The van der Waals surface area contributed by atoms with Gasteiger partial charge in [0.05, 0.1) is 5.56 Å². The number of anilines is 1. The van der Waals surface area contributed by atoms with Crippen LogP contribution in [0.25, 0.3) is 6.08 Å². The van der Waals surface area contributed by atoms with E-state index in [1.165, 1.54) is 41.7 Å². The van der Waals surface area contributed by atoms with Crippen molar-refractivity contribution < 1.29 is 4.79 Å². The van der Waals surface area contributed by atoms with Gasteiger partial charge in [-0.25, -0.2) is 9.78 Å². The number of hydrogen-bond donors (Lipinski definition) is 1. The van der Waals surface area contributed by atoms with Crippen LogP contribution in [0.3, 0.4) is 0 Å². The summed E-state index contributed by atoms with van der Waals surface area (Å²) >= 11 is 1.52. The lowest BCUT2D eigenvalue weighted by atomic mass is 10.3. The maximum Gasteiger partial charge on any atom is 0.330 e. The highest BCUT2D eigenvalue weighted by molar-refractivity contribution is 7.99. The number of aromatic nitrogens is 4. The smallest absolute Gasteiger partial charge is 0.329 e. The number of nitrogens with zero attached hydrogens (tertiary/aromatic N) is 4. The van der Waals surface area contributed by atoms with Crippen molar-refractivity contribution >= 4 is 29.4 Å². The third-order valence-corrected chi connectivity index (χ3v) is 5.08. The maximum atomic E-state index is 12.1. The molecule has 0 fully saturated rings. The molecular weight excluding hydrogens is 378 g/mol. The molecule has 144 valence electrons. The molecule has 28 heavy (non-hydrogen) atoms. The molecule has 8 nitrogen and oxygen atoms in total. The molecule has 0 aliphatic rings. The van der Waals surface area contributed by atoms with E-state index < -0.39 is 11.2 Å². The molecule has 0 unspecified atom stereocenters. The minimum atomic E-state index is -0.456. The fourth-order valence-corrected chi connectivity index (χ4v) is 3.26. The van der Waals surface area contributed by atoms with Crippen LogP contribution >= 0.6 is 11.8 Å². The molecule has 2 aromatic heterocycles. The molecule has 0 aliphatic carbocycles. The lowest BCUT2D eigenvalue weighted by Gasteiger charge is -2.05. The minimum absolute atomic E-state index is 0.251. The van der Waals surface area contributed by atoms with Gasteiger partial charge in [0.1, 0.15) is 0 Å². The van der Waals surface area contributed by atoms with Crippen LogP contribution in [0.2, 0.25) is 0 Å². The summed E-state index contributed by atoms with van der Waals surface area (Å²) in [7, 11) is 4.87. The normalized spacial score (nSPS) is 11.1. The summed E-state index contributed by atoms with van der Waals surface area (Å²) in [6, 6.07) is 7.37. The van der Waals surface area contributed by atoms with E-state index in [0.29, 0.717) is 5.69 Å². The van der Waals surface area contributed by atoms with Gasteiger partial charge in [-0.15, -0.1) is 0 Å². The van der Waals surface area contributed by atoms with Gasteiger partial charge in [0.15, 0.2) is 5.16 Å². The molecule has 0 aliphatic heterocycles. The molecule has 0 atom stereocenters. The van der Waals surface area contributed by atoms with Crippen molar-refractivity contribution in [2.24, 2.45) is 21.1 Å². The van der Waals surface area contributed by atoms with Crippen molar-refractivity contribution in [1.29, 1.82) is 0 Å². The molecule has 0 spiro atoms. The van der Waals surface area contributed by atoms with Crippen LogP contribution in [-0.2, 0) is 25.9 Å². The SMILES string of the molecule is Cn1ccnc1Sc1ccc(NC(=O)/C=C/c2cn(C)c(=O)n(C)c2=O)cc1. The van der Waals surface area contributed by atoms with Crippen LogP contribution in [0.1, 0.15) is 5.56 Å².